The molecular weight excluding hydrogens is 159 g/mol. The summed E-state index contributed by atoms with van der Waals surface area (Å²) in [6.07, 6.45) is 0. The van der Waals surface area contributed by atoms with E-state index in [4.69, 9.17) is 5.11 Å². The van der Waals surface area contributed by atoms with Crippen LogP contribution >= 0.6 is 0 Å². The van der Waals surface area contributed by atoms with Crippen LogP contribution in [0.1, 0.15) is 0 Å². The summed E-state index contributed by atoms with van der Waals surface area (Å²) in [5.74, 6) is 0. The van der Waals surface area contributed by atoms with Crippen molar-refractivity contribution in [1.82, 2.24) is 0 Å². The average molecular weight is 174 g/mol. The molecule has 0 amide bonds. The van der Waals surface area contributed by atoms with Crippen LogP contribution in [0.2, 0.25) is 0 Å². The summed E-state index contributed by atoms with van der Waals surface area (Å²) in [6.45, 7) is 0.771. The second kappa shape index (κ2) is 22.4. The van der Waals surface area contributed by atoms with E-state index in [9.17, 15) is 5.11 Å². The molecule has 0 aromatic heterocycles. The molecule has 0 aliphatic heterocycles. The zero-order valence-electron chi connectivity index (χ0n) is 7.50. The molecule has 64 valence electrons. The molecule has 0 unspecified atom stereocenters. The maximum absolute atomic E-state index is 9.40. The van der Waals surface area contributed by atoms with Gasteiger partial charge in [0.25, 0.3) is 0 Å². The normalized spacial score (nSPS) is 7.64. The molecule has 0 aromatic carbocycles. The molecule has 0 rings (SSSR count). The van der Waals surface area contributed by atoms with Crippen molar-refractivity contribution in [2.75, 3.05) is 40.6 Å². The van der Waals surface area contributed by atoms with Gasteiger partial charge in [-0.1, -0.05) is 0 Å². The van der Waals surface area contributed by atoms with E-state index < -0.39 is 0 Å². The van der Waals surface area contributed by atoms with Crippen LogP contribution in [0, 0.1) is 0 Å². The van der Waals surface area contributed by atoms with Crippen LogP contribution < -0.4 is 34.7 Å². The fraction of sp³-hybridized carbons (Fsp3) is 1.00. The van der Waals surface area contributed by atoms with E-state index in [0.29, 0.717) is 13.2 Å². The van der Waals surface area contributed by atoms with Gasteiger partial charge in [-0.25, -0.2) is 0 Å². The van der Waals surface area contributed by atoms with Crippen LogP contribution in [0.15, 0.2) is 0 Å². The Labute approximate surface area is 89.8 Å². The van der Waals surface area contributed by atoms with Crippen molar-refractivity contribution in [3.05, 3.63) is 0 Å². The number of hydrogen-bond donors (Lipinski definition) is 1. The van der Waals surface area contributed by atoms with Gasteiger partial charge >= 0.3 is 29.6 Å². The van der Waals surface area contributed by atoms with E-state index in [-0.39, 0.29) is 42.8 Å². The Morgan fingerprint density at radius 3 is 1.64 bits per heavy atom. The molecule has 1 N–H and O–H groups in total. The molecule has 5 heteroatoms. The maximum Gasteiger partial charge on any atom is 1.00 e. The predicted molar refractivity (Wildman–Crippen MR) is 35.7 cm³/mol. The Morgan fingerprint density at radius 1 is 1.18 bits per heavy atom. The van der Waals surface area contributed by atoms with Gasteiger partial charge in [0.2, 0.25) is 0 Å². The summed E-state index contributed by atoms with van der Waals surface area (Å²) in [5, 5.41) is 17.3. The fourth-order valence-corrected chi connectivity index (χ4v) is 0.175. The van der Waals surface area contributed by atoms with Gasteiger partial charge in [-0.05, 0) is 0 Å². The summed E-state index contributed by atoms with van der Waals surface area (Å²) in [5.41, 5.74) is 0. The molecule has 0 aliphatic rings. The Kier molecular flexibility index (Phi) is 36.3. The van der Waals surface area contributed by atoms with Gasteiger partial charge in [0.15, 0.2) is 0 Å². The van der Waals surface area contributed by atoms with E-state index >= 15 is 0 Å². The van der Waals surface area contributed by atoms with Gasteiger partial charge in [-0.2, -0.15) is 0 Å². The van der Waals surface area contributed by atoms with Gasteiger partial charge in [-0.15, -0.1) is 6.61 Å². The molecule has 0 saturated heterocycles. The third-order valence-electron chi connectivity index (χ3n) is 0.583. The topological polar surface area (TPSA) is 61.8 Å². The predicted octanol–water partition coefficient (Wildman–Crippen LogP) is -4.38. The Bertz CT molecular complexity index is 35.6. The average Bonchev–Trinajstić information content (AvgIpc) is 1.93. The molecule has 0 atom stereocenters. The smallest absolute Gasteiger partial charge is 0.853 e. The molecule has 0 spiro atoms. The Morgan fingerprint density at radius 2 is 1.64 bits per heavy atom. The number of rotatable bonds is 4. The number of methoxy groups -OCH3 is 2. The first-order chi connectivity index (χ1) is 4.83. The molecule has 0 saturated carbocycles. The minimum Gasteiger partial charge on any atom is -0.853 e. The molecule has 0 heterocycles. The van der Waals surface area contributed by atoms with Crippen LogP contribution in [0.5, 0.6) is 0 Å². The number of ether oxygens (including phenoxy) is 2. The molecule has 0 fully saturated rings. The van der Waals surface area contributed by atoms with E-state index in [0.717, 1.165) is 0 Å². The van der Waals surface area contributed by atoms with Crippen LogP contribution in [0.3, 0.4) is 0 Å². The van der Waals surface area contributed by atoms with Crippen molar-refractivity contribution in [2.24, 2.45) is 0 Å². The quantitative estimate of drug-likeness (QED) is 0.437. The Balaban J connectivity index is -0.000000107. The van der Waals surface area contributed by atoms with Crippen molar-refractivity contribution in [3.8, 4) is 0 Å². The molecular formula is C6H15NaO4. The maximum atomic E-state index is 9.40. The molecule has 0 aromatic rings. The minimum atomic E-state index is -0.128. The molecule has 11 heavy (non-hydrogen) atoms. The first-order valence-electron chi connectivity index (χ1n) is 3.00. The van der Waals surface area contributed by atoms with Crippen molar-refractivity contribution >= 4 is 0 Å². The van der Waals surface area contributed by atoms with E-state index in [1.54, 1.807) is 7.11 Å². The molecule has 0 bridgehead atoms. The minimum absolute atomic E-state index is 0. The van der Waals surface area contributed by atoms with Crippen molar-refractivity contribution in [3.63, 3.8) is 0 Å². The fourth-order valence-electron chi connectivity index (χ4n) is 0.175. The van der Waals surface area contributed by atoms with E-state index in [2.05, 4.69) is 9.47 Å². The SMILES string of the molecule is COCCO.COCC[O-].[Na+]. The summed E-state index contributed by atoms with van der Waals surface area (Å²) >= 11 is 0. The Hall–Kier alpha value is 0.840. The summed E-state index contributed by atoms with van der Waals surface area (Å²) in [6, 6.07) is 0. The third kappa shape index (κ3) is 36.2. The summed E-state index contributed by atoms with van der Waals surface area (Å²) < 4.78 is 8.82. The van der Waals surface area contributed by atoms with Crippen LogP contribution in [-0.2, 0) is 9.47 Å². The molecule has 0 radical (unpaired) electrons. The first kappa shape index (κ1) is 17.8. The van der Waals surface area contributed by atoms with Gasteiger partial charge in [0, 0.05) is 20.8 Å². The number of aliphatic hydroxyl groups excluding tert-OH is 1. The second-order valence-electron chi connectivity index (χ2n) is 1.41. The second-order valence-corrected chi connectivity index (χ2v) is 1.41. The summed E-state index contributed by atoms with van der Waals surface area (Å²) in [7, 11) is 3.06. The van der Waals surface area contributed by atoms with E-state index in [1.165, 1.54) is 7.11 Å². The van der Waals surface area contributed by atoms with Gasteiger partial charge in [-0.3, -0.25) is 0 Å². The zero-order valence-corrected chi connectivity index (χ0v) is 9.50. The van der Waals surface area contributed by atoms with Gasteiger partial charge < -0.3 is 19.7 Å². The van der Waals surface area contributed by atoms with Gasteiger partial charge in [0.05, 0.1) is 13.2 Å². The van der Waals surface area contributed by atoms with Gasteiger partial charge in [0.1, 0.15) is 0 Å². The summed E-state index contributed by atoms with van der Waals surface area (Å²) in [4.78, 5) is 0. The largest absolute Gasteiger partial charge is 1.00 e. The van der Waals surface area contributed by atoms with E-state index in [1.807, 2.05) is 0 Å². The van der Waals surface area contributed by atoms with Crippen LogP contribution in [0.4, 0.5) is 0 Å². The third-order valence-corrected chi connectivity index (χ3v) is 0.583. The van der Waals surface area contributed by atoms with Crippen LogP contribution in [0.25, 0.3) is 0 Å². The zero-order chi connectivity index (χ0) is 8.24. The number of hydrogen-bond acceptors (Lipinski definition) is 4. The van der Waals surface area contributed by atoms with Crippen LogP contribution in [-0.4, -0.2) is 45.8 Å². The standard InChI is InChI=1S/C3H8O2.C3H7O2.Na/c2*1-5-3-2-4;/h4H,2-3H2,1H3;2-3H2,1H3;/q;-1;+1. The molecule has 4 nitrogen and oxygen atoms in total. The monoisotopic (exact) mass is 174 g/mol. The van der Waals surface area contributed by atoms with Crippen molar-refractivity contribution in [1.29, 1.82) is 0 Å². The first-order valence-corrected chi connectivity index (χ1v) is 3.00. The number of aliphatic hydroxyl groups is 1. The van der Waals surface area contributed by atoms with Crippen molar-refractivity contribution in [2.45, 2.75) is 0 Å². The molecule has 0 aliphatic carbocycles. The van der Waals surface area contributed by atoms with Crippen molar-refractivity contribution < 1.29 is 49.2 Å².